The van der Waals surface area contributed by atoms with Crippen LogP contribution in [0.25, 0.3) is 0 Å². The Labute approximate surface area is 129 Å². The lowest BCUT2D eigenvalue weighted by atomic mass is 10.2. The summed E-state index contributed by atoms with van der Waals surface area (Å²) in [6.07, 6.45) is 0.156. The molecule has 2 atom stereocenters. The number of hydrogen-bond donors (Lipinski definition) is 0. The molecule has 1 aromatic rings. The minimum atomic E-state index is 0.156. The molecule has 2 unspecified atom stereocenters. The quantitative estimate of drug-likeness (QED) is 0.806. The third-order valence-corrected chi connectivity index (χ3v) is 3.91. The summed E-state index contributed by atoms with van der Waals surface area (Å²) in [5, 5.41) is 0.229. The molecule has 7 nitrogen and oxygen atoms in total. The van der Waals surface area contributed by atoms with E-state index in [1.54, 1.807) is 0 Å². The van der Waals surface area contributed by atoms with Gasteiger partial charge in [0.05, 0.1) is 32.0 Å². The van der Waals surface area contributed by atoms with Crippen molar-refractivity contribution in [2.75, 3.05) is 49.3 Å². The molecule has 2 aliphatic rings. The first kappa shape index (κ1) is 14.7. The van der Waals surface area contributed by atoms with Crippen LogP contribution in [0, 0.1) is 0 Å². The topological polar surface area (TPSA) is 63.6 Å². The fraction of sp³-hybridized carbons (Fsp3) is 0.769. The first-order chi connectivity index (χ1) is 10.1. The van der Waals surface area contributed by atoms with Gasteiger partial charge in [0.15, 0.2) is 0 Å². The average molecular weight is 314 g/mol. The first-order valence-corrected chi connectivity index (χ1v) is 7.64. The summed E-state index contributed by atoms with van der Waals surface area (Å²) in [5.41, 5.74) is 0. The van der Waals surface area contributed by atoms with Crippen LogP contribution in [0.4, 0.5) is 11.9 Å². The number of ether oxygens (including phenoxy) is 2. The van der Waals surface area contributed by atoms with Gasteiger partial charge in [-0.1, -0.05) is 0 Å². The van der Waals surface area contributed by atoms with E-state index in [2.05, 4.69) is 31.7 Å². The van der Waals surface area contributed by atoms with Gasteiger partial charge in [-0.2, -0.15) is 15.0 Å². The van der Waals surface area contributed by atoms with Gasteiger partial charge in [-0.05, 0) is 25.4 Å². The largest absolute Gasteiger partial charge is 0.378 e. The zero-order chi connectivity index (χ0) is 14.8. The summed E-state index contributed by atoms with van der Waals surface area (Å²) in [5.74, 6) is 1.25. The van der Waals surface area contributed by atoms with Crippen molar-refractivity contribution in [3.63, 3.8) is 0 Å². The summed E-state index contributed by atoms with van der Waals surface area (Å²) < 4.78 is 11.0. The van der Waals surface area contributed by atoms with E-state index in [0.717, 1.165) is 19.6 Å². The molecule has 0 aliphatic carbocycles. The second kappa shape index (κ2) is 6.29. The molecule has 0 aromatic carbocycles. The van der Waals surface area contributed by atoms with Gasteiger partial charge in [0, 0.05) is 19.6 Å². The van der Waals surface area contributed by atoms with Crippen LogP contribution in [0.15, 0.2) is 0 Å². The SMILES string of the molecule is CC1CN(c2nc(Cl)nc(N3CCOCC3)n2)C(C)CO1. The van der Waals surface area contributed by atoms with Crippen LogP contribution < -0.4 is 9.80 Å². The fourth-order valence-corrected chi connectivity index (χ4v) is 2.70. The van der Waals surface area contributed by atoms with Crippen molar-refractivity contribution in [2.24, 2.45) is 0 Å². The Bertz CT molecular complexity index is 497. The van der Waals surface area contributed by atoms with Crippen molar-refractivity contribution in [1.82, 2.24) is 15.0 Å². The number of aromatic nitrogens is 3. The highest BCUT2D eigenvalue weighted by molar-refractivity contribution is 6.28. The molecule has 116 valence electrons. The van der Waals surface area contributed by atoms with Crippen LogP contribution in [-0.4, -0.2) is 66.6 Å². The summed E-state index contributed by atoms with van der Waals surface area (Å²) in [7, 11) is 0. The van der Waals surface area contributed by atoms with Crippen molar-refractivity contribution >= 4 is 23.5 Å². The van der Waals surface area contributed by atoms with E-state index < -0.39 is 0 Å². The Hall–Kier alpha value is -1.18. The highest BCUT2D eigenvalue weighted by Gasteiger charge is 2.27. The van der Waals surface area contributed by atoms with Gasteiger partial charge in [-0.15, -0.1) is 0 Å². The predicted octanol–water partition coefficient (Wildman–Crippen LogP) is 0.975. The van der Waals surface area contributed by atoms with E-state index in [-0.39, 0.29) is 17.4 Å². The minimum Gasteiger partial charge on any atom is -0.378 e. The number of rotatable bonds is 2. The molecule has 21 heavy (non-hydrogen) atoms. The second-order valence-electron chi connectivity index (χ2n) is 5.45. The van der Waals surface area contributed by atoms with Gasteiger partial charge in [-0.3, -0.25) is 0 Å². The summed E-state index contributed by atoms with van der Waals surface area (Å²) in [6.45, 7) is 8.47. The standard InChI is InChI=1S/C13H20ClN5O2/c1-9-8-21-10(2)7-19(9)13-16-11(14)15-12(17-13)18-3-5-20-6-4-18/h9-10H,3-8H2,1-2H3. The van der Waals surface area contributed by atoms with Gasteiger partial charge in [0.25, 0.3) is 0 Å². The van der Waals surface area contributed by atoms with E-state index >= 15 is 0 Å². The second-order valence-corrected chi connectivity index (χ2v) is 5.79. The molecule has 0 bridgehead atoms. The Morgan fingerprint density at radius 2 is 1.81 bits per heavy atom. The van der Waals surface area contributed by atoms with Crippen LogP contribution in [0.1, 0.15) is 13.8 Å². The highest BCUT2D eigenvalue weighted by atomic mass is 35.5. The molecular weight excluding hydrogens is 294 g/mol. The highest BCUT2D eigenvalue weighted by Crippen LogP contribution is 2.22. The lowest BCUT2D eigenvalue weighted by Crippen LogP contribution is -2.48. The van der Waals surface area contributed by atoms with Crippen LogP contribution >= 0.6 is 11.6 Å². The van der Waals surface area contributed by atoms with E-state index in [9.17, 15) is 0 Å². The van der Waals surface area contributed by atoms with Crippen LogP contribution in [0.5, 0.6) is 0 Å². The van der Waals surface area contributed by atoms with E-state index in [1.807, 2.05) is 6.92 Å². The maximum Gasteiger partial charge on any atom is 0.231 e. The Morgan fingerprint density at radius 1 is 1.10 bits per heavy atom. The third kappa shape index (κ3) is 3.36. The Kier molecular flexibility index (Phi) is 4.42. The normalized spacial score (nSPS) is 27.0. The summed E-state index contributed by atoms with van der Waals surface area (Å²) in [6, 6.07) is 0.220. The Morgan fingerprint density at radius 3 is 2.57 bits per heavy atom. The van der Waals surface area contributed by atoms with Crippen molar-refractivity contribution in [3.8, 4) is 0 Å². The number of hydrogen-bond acceptors (Lipinski definition) is 7. The zero-order valence-electron chi connectivity index (χ0n) is 12.3. The smallest absolute Gasteiger partial charge is 0.231 e. The van der Waals surface area contributed by atoms with Gasteiger partial charge >= 0.3 is 0 Å². The number of morpholine rings is 2. The molecule has 0 amide bonds. The summed E-state index contributed by atoms with van der Waals surface area (Å²) in [4.78, 5) is 17.4. The molecule has 2 saturated heterocycles. The zero-order valence-corrected chi connectivity index (χ0v) is 13.1. The maximum atomic E-state index is 6.09. The maximum absolute atomic E-state index is 6.09. The number of halogens is 1. The monoisotopic (exact) mass is 313 g/mol. The summed E-state index contributed by atoms with van der Waals surface area (Å²) >= 11 is 6.09. The number of anilines is 2. The molecule has 2 aliphatic heterocycles. The lowest BCUT2D eigenvalue weighted by Gasteiger charge is -2.37. The van der Waals surface area contributed by atoms with Gasteiger partial charge in [-0.25, -0.2) is 0 Å². The van der Waals surface area contributed by atoms with Crippen LogP contribution in [-0.2, 0) is 9.47 Å². The van der Waals surface area contributed by atoms with Gasteiger partial charge in [0.2, 0.25) is 17.2 Å². The molecule has 0 spiro atoms. The molecule has 0 saturated carbocycles. The number of nitrogens with zero attached hydrogens (tertiary/aromatic N) is 5. The van der Waals surface area contributed by atoms with Crippen LogP contribution in [0.3, 0.4) is 0 Å². The average Bonchev–Trinajstić information content (AvgIpc) is 2.50. The van der Waals surface area contributed by atoms with Crippen molar-refractivity contribution < 1.29 is 9.47 Å². The lowest BCUT2D eigenvalue weighted by molar-refractivity contribution is 0.0337. The molecule has 0 N–H and O–H groups in total. The molecule has 1 aromatic heterocycles. The van der Waals surface area contributed by atoms with Crippen molar-refractivity contribution in [3.05, 3.63) is 5.28 Å². The molecule has 3 heterocycles. The first-order valence-electron chi connectivity index (χ1n) is 7.26. The molecule has 0 radical (unpaired) electrons. The van der Waals surface area contributed by atoms with Crippen LogP contribution in [0.2, 0.25) is 5.28 Å². The Balaban J connectivity index is 1.86. The van der Waals surface area contributed by atoms with Gasteiger partial charge < -0.3 is 19.3 Å². The van der Waals surface area contributed by atoms with E-state index in [0.29, 0.717) is 31.7 Å². The predicted molar refractivity (Wildman–Crippen MR) is 80.1 cm³/mol. The molecule has 8 heteroatoms. The van der Waals surface area contributed by atoms with Gasteiger partial charge in [0.1, 0.15) is 0 Å². The molecule has 3 rings (SSSR count). The van der Waals surface area contributed by atoms with Crippen molar-refractivity contribution in [2.45, 2.75) is 26.0 Å². The van der Waals surface area contributed by atoms with E-state index in [4.69, 9.17) is 21.1 Å². The third-order valence-electron chi connectivity index (χ3n) is 3.74. The fourth-order valence-electron chi connectivity index (χ4n) is 2.54. The molecule has 2 fully saturated rings. The van der Waals surface area contributed by atoms with Crippen molar-refractivity contribution in [1.29, 1.82) is 0 Å². The molecular formula is C13H20ClN5O2. The van der Waals surface area contributed by atoms with E-state index in [1.165, 1.54) is 0 Å². The minimum absolute atomic E-state index is 0.156.